The molecule has 0 saturated carbocycles. The van der Waals surface area contributed by atoms with E-state index in [2.05, 4.69) is 15.6 Å². The highest BCUT2D eigenvalue weighted by atomic mass is 32.2. The van der Waals surface area contributed by atoms with Gasteiger partial charge in [0.2, 0.25) is 0 Å². The van der Waals surface area contributed by atoms with Crippen LogP contribution in [0.3, 0.4) is 0 Å². The van der Waals surface area contributed by atoms with Gasteiger partial charge in [0.25, 0.3) is 0 Å². The average Bonchev–Trinajstić information content (AvgIpc) is 3.27. The summed E-state index contributed by atoms with van der Waals surface area (Å²) in [4.78, 5) is 29.1. The molecule has 0 unspecified atom stereocenters. The standard InChI is InChI=1S/C21H21N3O4S2/c1-15-7-9-17(10-8-15)30(27,28)19(18-6-4-12-29-18)14-24-21(26)20(25)23-13-16-5-2-3-11-22-16/h2-12,19H,13-14H2,1H3,(H,23,25)(H,24,26)/t19-/m0/s1. The first-order valence-corrected chi connectivity index (χ1v) is 11.6. The van der Waals surface area contributed by atoms with Gasteiger partial charge < -0.3 is 10.6 Å². The highest BCUT2D eigenvalue weighted by molar-refractivity contribution is 7.91. The van der Waals surface area contributed by atoms with Crippen LogP contribution in [0.25, 0.3) is 0 Å². The Hall–Kier alpha value is -3.04. The molecule has 3 aromatic rings. The van der Waals surface area contributed by atoms with Crippen molar-refractivity contribution >= 4 is 33.0 Å². The number of hydrogen-bond acceptors (Lipinski definition) is 6. The molecular weight excluding hydrogens is 422 g/mol. The minimum Gasteiger partial charge on any atom is -0.346 e. The first-order chi connectivity index (χ1) is 14.4. The molecule has 0 spiro atoms. The summed E-state index contributed by atoms with van der Waals surface area (Å²) >= 11 is 1.28. The predicted octanol–water partition coefficient (Wildman–Crippen LogP) is 2.40. The van der Waals surface area contributed by atoms with Crippen molar-refractivity contribution in [3.8, 4) is 0 Å². The number of sulfone groups is 1. The van der Waals surface area contributed by atoms with Crippen molar-refractivity contribution in [3.05, 3.63) is 82.3 Å². The van der Waals surface area contributed by atoms with Crippen molar-refractivity contribution in [2.75, 3.05) is 6.54 Å². The quantitative estimate of drug-likeness (QED) is 0.546. The third-order valence-electron chi connectivity index (χ3n) is 4.40. The minimum atomic E-state index is -3.76. The van der Waals surface area contributed by atoms with Crippen molar-refractivity contribution in [1.29, 1.82) is 0 Å². The lowest BCUT2D eigenvalue weighted by atomic mass is 10.2. The summed E-state index contributed by atoms with van der Waals surface area (Å²) in [6.45, 7) is 1.76. The Balaban J connectivity index is 1.69. The van der Waals surface area contributed by atoms with Gasteiger partial charge in [-0.3, -0.25) is 14.6 Å². The van der Waals surface area contributed by atoms with Crippen LogP contribution in [0.4, 0.5) is 0 Å². The number of nitrogens with one attached hydrogen (secondary N) is 2. The molecule has 9 heteroatoms. The van der Waals surface area contributed by atoms with Gasteiger partial charge in [0.1, 0.15) is 5.25 Å². The maximum atomic E-state index is 13.2. The van der Waals surface area contributed by atoms with Gasteiger partial charge >= 0.3 is 11.8 Å². The van der Waals surface area contributed by atoms with Gasteiger partial charge in [0.05, 0.1) is 17.1 Å². The second-order valence-corrected chi connectivity index (χ2v) is 9.69. The number of thiophene rings is 1. The number of nitrogens with zero attached hydrogens (tertiary/aromatic N) is 1. The molecule has 0 aliphatic carbocycles. The Labute approximate surface area is 179 Å². The van der Waals surface area contributed by atoms with E-state index >= 15 is 0 Å². The summed E-state index contributed by atoms with van der Waals surface area (Å²) in [5.74, 6) is -1.75. The zero-order chi connectivity index (χ0) is 21.6. The maximum absolute atomic E-state index is 13.2. The van der Waals surface area contributed by atoms with E-state index in [1.54, 1.807) is 66.2 Å². The summed E-state index contributed by atoms with van der Waals surface area (Å²) in [6.07, 6.45) is 1.59. The molecule has 0 fully saturated rings. The molecule has 0 radical (unpaired) electrons. The van der Waals surface area contributed by atoms with Crippen molar-refractivity contribution in [3.63, 3.8) is 0 Å². The minimum absolute atomic E-state index is 0.100. The fourth-order valence-corrected chi connectivity index (χ4v) is 5.53. The third kappa shape index (κ3) is 5.31. The highest BCUT2D eigenvalue weighted by Crippen LogP contribution is 2.31. The number of carbonyl (C=O) groups is 2. The van der Waals surface area contributed by atoms with Gasteiger partial charge in [0.15, 0.2) is 9.84 Å². The van der Waals surface area contributed by atoms with Crippen LogP contribution in [0.5, 0.6) is 0 Å². The van der Waals surface area contributed by atoms with E-state index in [4.69, 9.17) is 0 Å². The molecule has 3 rings (SSSR count). The molecule has 156 valence electrons. The van der Waals surface area contributed by atoms with Crippen LogP contribution in [-0.4, -0.2) is 31.8 Å². The molecule has 2 amide bonds. The number of carbonyl (C=O) groups excluding carboxylic acids is 2. The average molecular weight is 444 g/mol. The molecule has 30 heavy (non-hydrogen) atoms. The number of amides is 2. The zero-order valence-corrected chi connectivity index (χ0v) is 17.9. The van der Waals surface area contributed by atoms with Gasteiger partial charge in [-0.1, -0.05) is 29.8 Å². The SMILES string of the molecule is Cc1ccc(S(=O)(=O)[C@@H](CNC(=O)C(=O)NCc2ccccn2)c2cccs2)cc1. The van der Waals surface area contributed by atoms with E-state index in [9.17, 15) is 18.0 Å². The van der Waals surface area contributed by atoms with Gasteiger partial charge in [-0.2, -0.15) is 0 Å². The Morgan fingerprint density at radius 1 is 1.00 bits per heavy atom. The van der Waals surface area contributed by atoms with Crippen molar-refractivity contribution in [1.82, 2.24) is 15.6 Å². The van der Waals surface area contributed by atoms with Crippen LogP contribution in [0, 0.1) is 6.92 Å². The predicted molar refractivity (Wildman–Crippen MR) is 115 cm³/mol. The van der Waals surface area contributed by atoms with Crippen molar-refractivity contribution in [2.24, 2.45) is 0 Å². The molecule has 1 atom stereocenters. The molecular formula is C21H21N3O4S2. The Bertz CT molecular complexity index is 1100. The summed E-state index contributed by atoms with van der Waals surface area (Å²) in [5, 5.41) is 5.70. The molecule has 0 aliphatic heterocycles. The molecule has 2 aromatic heterocycles. The molecule has 2 heterocycles. The number of aryl methyl sites for hydroxylation is 1. The second kappa shape index (κ2) is 9.64. The summed E-state index contributed by atoms with van der Waals surface area (Å²) in [5.41, 5.74) is 1.55. The van der Waals surface area contributed by atoms with Crippen molar-refractivity contribution < 1.29 is 18.0 Å². The fraction of sp³-hybridized carbons (Fsp3) is 0.190. The van der Waals surface area contributed by atoms with E-state index in [1.165, 1.54) is 11.3 Å². The first-order valence-electron chi connectivity index (χ1n) is 9.18. The fourth-order valence-electron chi connectivity index (χ4n) is 2.75. The van der Waals surface area contributed by atoms with Crippen LogP contribution in [0.15, 0.2) is 71.1 Å². The van der Waals surface area contributed by atoms with Crippen LogP contribution in [-0.2, 0) is 26.0 Å². The normalized spacial score (nSPS) is 12.2. The van der Waals surface area contributed by atoms with Gasteiger partial charge in [-0.15, -0.1) is 11.3 Å². The lowest BCUT2D eigenvalue weighted by molar-refractivity contribution is -0.139. The number of pyridine rings is 1. The van der Waals surface area contributed by atoms with E-state index < -0.39 is 26.9 Å². The number of benzene rings is 1. The van der Waals surface area contributed by atoms with Crippen LogP contribution in [0.2, 0.25) is 0 Å². The van der Waals surface area contributed by atoms with Gasteiger partial charge in [-0.25, -0.2) is 8.42 Å². The van der Waals surface area contributed by atoms with Crippen LogP contribution < -0.4 is 10.6 Å². The summed E-state index contributed by atoms with van der Waals surface area (Å²) in [7, 11) is -3.76. The monoisotopic (exact) mass is 443 g/mol. The summed E-state index contributed by atoms with van der Waals surface area (Å²) in [6, 6.07) is 15.2. The number of rotatable bonds is 7. The van der Waals surface area contributed by atoms with Gasteiger partial charge in [0, 0.05) is 17.6 Å². The van der Waals surface area contributed by atoms with Crippen LogP contribution in [0.1, 0.15) is 21.4 Å². The number of hydrogen-bond donors (Lipinski definition) is 2. The Morgan fingerprint density at radius 2 is 1.73 bits per heavy atom. The van der Waals surface area contributed by atoms with Crippen molar-refractivity contribution in [2.45, 2.75) is 23.6 Å². The smallest absolute Gasteiger partial charge is 0.309 e. The van der Waals surface area contributed by atoms with Crippen LogP contribution >= 0.6 is 11.3 Å². The third-order valence-corrected chi connectivity index (χ3v) is 7.63. The Morgan fingerprint density at radius 3 is 2.37 bits per heavy atom. The van der Waals surface area contributed by atoms with E-state index in [0.29, 0.717) is 10.6 Å². The van der Waals surface area contributed by atoms with E-state index in [1.807, 2.05) is 6.92 Å². The summed E-state index contributed by atoms with van der Waals surface area (Å²) < 4.78 is 26.4. The van der Waals surface area contributed by atoms with E-state index in [0.717, 1.165) is 5.56 Å². The molecule has 7 nitrogen and oxygen atoms in total. The highest BCUT2D eigenvalue weighted by Gasteiger charge is 2.31. The zero-order valence-electron chi connectivity index (χ0n) is 16.2. The molecule has 0 aliphatic rings. The van der Waals surface area contributed by atoms with E-state index in [-0.39, 0.29) is 18.0 Å². The van der Waals surface area contributed by atoms with Gasteiger partial charge in [-0.05, 0) is 42.6 Å². The second-order valence-electron chi connectivity index (χ2n) is 6.58. The largest absolute Gasteiger partial charge is 0.346 e. The topological polar surface area (TPSA) is 105 Å². The number of aromatic nitrogens is 1. The Kier molecular flexibility index (Phi) is 6.96. The maximum Gasteiger partial charge on any atom is 0.309 e. The molecule has 2 N–H and O–H groups in total. The lowest BCUT2D eigenvalue weighted by Crippen LogP contribution is -2.42. The lowest BCUT2D eigenvalue weighted by Gasteiger charge is -2.17. The first kappa shape index (κ1) is 21.7. The molecule has 0 saturated heterocycles. The molecule has 1 aromatic carbocycles. The molecule has 0 bridgehead atoms.